The number of nitriles is 2. The van der Waals surface area contributed by atoms with Crippen molar-refractivity contribution in [2.75, 3.05) is 16.8 Å². The van der Waals surface area contributed by atoms with Crippen molar-refractivity contribution < 1.29 is 4.79 Å². The second-order valence-corrected chi connectivity index (χ2v) is 6.17. The van der Waals surface area contributed by atoms with E-state index >= 15 is 0 Å². The highest BCUT2D eigenvalue weighted by molar-refractivity contribution is 8.00. The third-order valence-electron chi connectivity index (χ3n) is 3.05. The van der Waals surface area contributed by atoms with Crippen LogP contribution in [0, 0.1) is 29.6 Å². The van der Waals surface area contributed by atoms with Gasteiger partial charge < -0.3 is 11.1 Å². The van der Waals surface area contributed by atoms with Crippen LogP contribution in [0.25, 0.3) is 0 Å². The minimum Gasteiger partial charge on any atom is -0.383 e. The molecule has 1 heterocycles. The van der Waals surface area contributed by atoms with Crippen LogP contribution in [0.3, 0.4) is 0 Å². The molecule has 1 aromatic carbocycles. The maximum Gasteiger partial charge on any atom is 0.234 e. The van der Waals surface area contributed by atoms with Gasteiger partial charge in [-0.05, 0) is 30.7 Å². The second-order valence-electron chi connectivity index (χ2n) is 4.80. The number of benzene rings is 1. The Morgan fingerprint density at radius 3 is 2.67 bits per heavy atom. The molecular formula is C16H12ClN5OS. The summed E-state index contributed by atoms with van der Waals surface area (Å²) >= 11 is 7.08. The normalized spacial score (nSPS) is 9.83. The number of nitrogens with two attached hydrogens (primary N) is 1. The molecule has 1 aromatic heterocycles. The fourth-order valence-corrected chi connectivity index (χ4v) is 2.73. The Labute approximate surface area is 148 Å². The lowest BCUT2D eigenvalue weighted by Gasteiger charge is -2.08. The number of pyridine rings is 1. The maximum absolute atomic E-state index is 12.0. The molecule has 0 radical (unpaired) electrons. The van der Waals surface area contributed by atoms with Gasteiger partial charge in [-0.3, -0.25) is 4.79 Å². The highest BCUT2D eigenvalue weighted by atomic mass is 35.5. The number of hydrogen-bond donors (Lipinski definition) is 2. The zero-order valence-corrected chi connectivity index (χ0v) is 14.2. The number of anilines is 2. The first kappa shape index (κ1) is 17.6. The number of nitrogens with one attached hydrogen (secondary N) is 1. The highest BCUT2D eigenvalue weighted by Crippen LogP contribution is 2.24. The Kier molecular flexibility index (Phi) is 5.64. The van der Waals surface area contributed by atoms with Crippen molar-refractivity contribution in [2.45, 2.75) is 11.9 Å². The molecule has 0 saturated carbocycles. The zero-order valence-electron chi connectivity index (χ0n) is 12.6. The number of rotatable bonds is 4. The van der Waals surface area contributed by atoms with Crippen molar-refractivity contribution >= 4 is 40.8 Å². The summed E-state index contributed by atoms with van der Waals surface area (Å²) in [7, 11) is 0. The van der Waals surface area contributed by atoms with E-state index in [4.69, 9.17) is 27.9 Å². The lowest BCUT2D eigenvalue weighted by molar-refractivity contribution is -0.113. The highest BCUT2D eigenvalue weighted by Gasteiger charge is 2.12. The molecule has 0 aliphatic heterocycles. The number of halogens is 1. The molecule has 0 aliphatic carbocycles. The van der Waals surface area contributed by atoms with Gasteiger partial charge in [0.15, 0.2) is 0 Å². The molecule has 0 saturated heterocycles. The van der Waals surface area contributed by atoms with Gasteiger partial charge in [-0.15, -0.1) is 0 Å². The lowest BCUT2D eigenvalue weighted by Crippen LogP contribution is -2.14. The molecule has 0 aliphatic rings. The molecule has 0 atom stereocenters. The van der Waals surface area contributed by atoms with E-state index in [1.54, 1.807) is 12.1 Å². The summed E-state index contributed by atoms with van der Waals surface area (Å²) in [5.74, 6) is -0.198. The minimum absolute atomic E-state index is 0.0322. The smallest absolute Gasteiger partial charge is 0.234 e. The number of thioether (sulfide) groups is 1. The van der Waals surface area contributed by atoms with E-state index in [9.17, 15) is 4.79 Å². The number of aryl methyl sites for hydroxylation is 1. The van der Waals surface area contributed by atoms with Crippen LogP contribution in [0.15, 0.2) is 29.3 Å². The predicted molar refractivity (Wildman–Crippen MR) is 93.6 cm³/mol. The van der Waals surface area contributed by atoms with Gasteiger partial charge in [-0.25, -0.2) is 4.98 Å². The maximum atomic E-state index is 12.0. The first-order chi connectivity index (χ1) is 11.4. The van der Waals surface area contributed by atoms with Gasteiger partial charge in [-0.1, -0.05) is 29.4 Å². The summed E-state index contributed by atoms with van der Waals surface area (Å²) in [5, 5.41) is 21.6. The number of amides is 1. The molecule has 3 N–H and O–H groups in total. The molecule has 0 spiro atoms. The minimum atomic E-state index is -0.270. The fourth-order valence-electron chi connectivity index (χ4n) is 1.79. The van der Waals surface area contributed by atoms with Crippen molar-refractivity contribution in [3.05, 3.63) is 46.0 Å². The van der Waals surface area contributed by atoms with Crippen LogP contribution in [0.1, 0.15) is 16.7 Å². The number of carbonyl (C=O) groups is 1. The third kappa shape index (κ3) is 4.17. The molecule has 0 bridgehead atoms. The molecule has 6 nitrogen and oxygen atoms in total. The number of carbonyl (C=O) groups excluding carboxylic acids is 1. The van der Waals surface area contributed by atoms with Crippen LogP contribution in [0.5, 0.6) is 0 Å². The molecule has 1 amide bonds. The quantitative estimate of drug-likeness (QED) is 0.812. The van der Waals surface area contributed by atoms with E-state index in [1.165, 1.54) is 6.07 Å². The van der Waals surface area contributed by atoms with Gasteiger partial charge >= 0.3 is 0 Å². The van der Waals surface area contributed by atoms with E-state index < -0.39 is 0 Å². The van der Waals surface area contributed by atoms with Crippen molar-refractivity contribution in [2.24, 2.45) is 0 Å². The summed E-state index contributed by atoms with van der Waals surface area (Å²) in [5.41, 5.74) is 7.49. The van der Waals surface area contributed by atoms with E-state index in [1.807, 2.05) is 25.1 Å². The van der Waals surface area contributed by atoms with Gasteiger partial charge in [-0.2, -0.15) is 10.5 Å². The summed E-state index contributed by atoms with van der Waals surface area (Å²) in [6.07, 6.45) is 0. The molecule has 8 heteroatoms. The molecule has 24 heavy (non-hydrogen) atoms. The number of nitrogen functional groups attached to an aromatic ring is 1. The Morgan fingerprint density at radius 1 is 1.33 bits per heavy atom. The predicted octanol–water partition coefficient (Wildman–Crippen LogP) is 3.10. The van der Waals surface area contributed by atoms with Crippen molar-refractivity contribution in [3.63, 3.8) is 0 Å². The van der Waals surface area contributed by atoms with Gasteiger partial charge in [0.2, 0.25) is 5.91 Å². The summed E-state index contributed by atoms with van der Waals surface area (Å²) in [6, 6.07) is 10.4. The number of nitrogens with zero attached hydrogens (tertiary/aromatic N) is 3. The monoisotopic (exact) mass is 357 g/mol. The average molecular weight is 358 g/mol. The topological polar surface area (TPSA) is 116 Å². The lowest BCUT2D eigenvalue weighted by atomic mass is 10.2. The van der Waals surface area contributed by atoms with Crippen molar-refractivity contribution in [1.82, 2.24) is 4.98 Å². The Hall–Kier alpha value is -2.74. The van der Waals surface area contributed by atoms with Crippen LogP contribution < -0.4 is 11.1 Å². The van der Waals surface area contributed by atoms with Gasteiger partial charge in [0.1, 0.15) is 23.0 Å². The van der Waals surface area contributed by atoms with Crippen LogP contribution in [0.2, 0.25) is 5.02 Å². The first-order valence-corrected chi connectivity index (χ1v) is 8.10. The van der Waals surface area contributed by atoms with Crippen LogP contribution in [-0.2, 0) is 4.79 Å². The van der Waals surface area contributed by atoms with Crippen LogP contribution in [0.4, 0.5) is 11.5 Å². The summed E-state index contributed by atoms with van der Waals surface area (Å²) in [6.45, 7) is 1.87. The second kappa shape index (κ2) is 7.69. The zero-order chi connectivity index (χ0) is 17.7. The summed E-state index contributed by atoms with van der Waals surface area (Å²) < 4.78 is 0. The summed E-state index contributed by atoms with van der Waals surface area (Å²) in [4.78, 5) is 16.0. The first-order valence-electron chi connectivity index (χ1n) is 6.74. The van der Waals surface area contributed by atoms with Gasteiger partial charge in [0.05, 0.1) is 16.9 Å². The molecule has 0 unspecified atom stereocenters. The van der Waals surface area contributed by atoms with E-state index in [-0.39, 0.29) is 28.6 Å². The molecule has 0 fully saturated rings. The Balaban J connectivity index is 2.06. The molecular weight excluding hydrogens is 346 g/mol. The van der Waals surface area contributed by atoms with Crippen molar-refractivity contribution in [3.8, 4) is 12.1 Å². The number of hydrogen-bond acceptors (Lipinski definition) is 6. The largest absolute Gasteiger partial charge is 0.383 e. The van der Waals surface area contributed by atoms with Gasteiger partial charge in [0, 0.05) is 10.7 Å². The van der Waals surface area contributed by atoms with Crippen LogP contribution >= 0.6 is 23.4 Å². The number of aromatic nitrogens is 1. The Bertz CT molecular complexity index is 885. The molecule has 2 rings (SSSR count). The SMILES string of the molecule is Cc1ccc(NC(=O)CSc2nc(N)c(C#N)cc2C#N)cc1Cl. The molecule has 2 aromatic rings. The van der Waals surface area contributed by atoms with E-state index in [0.717, 1.165) is 17.3 Å². The standard InChI is InChI=1S/C16H12ClN5OS/c1-9-2-3-12(5-13(9)17)21-14(23)8-24-16-11(7-19)4-10(6-18)15(20)22-16/h2-5H,8H2,1H3,(H2,20,22)(H,21,23). The Morgan fingerprint density at radius 2 is 2.04 bits per heavy atom. The van der Waals surface area contributed by atoms with Crippen LogP contribution in [-0.4, -0.2) is 16.6 Å². The average Bonchev–Trinajstić information content (AvgIpc) is 2.56. The van der Waals surface area contributed by atoms with E-state index in [0.29, 0.717) is 15.7 Å². The third-order valence-corrected chi connectivity index (χ3v) is 4.45. The molecule has 120 valence electrons. The van der Waals surface area contributed by atoms with Gasteiger partial charge in [0.25, 0.3) is 0 Å². The fraction of sp³-hybridized carbons (Fsp3) is 0.125. The van der Waals surface area contributed by atoms with Crippen molar-refractivity contribution in [1.29, 1.82) is 10.5 Å². The van der Waals surface area contributed by atoms with E-state index in [2.05, 4.69) is 10.3 Å².